The number of hydrogen-bond donors (Lipinski definition) is 4. The van der Waals surface area contributed by atoms with E-state index in [-0.39, 0.29) is 42.5 Å². The van der Waals surface area contributed by atoms with Crippen LogP contribution in [-0.2, 0) is 27.3 Å². The highest BCUT2D eigenvalue weighted by molar-refractivity contribution is 5.97. The van der Waals surface area contributed by atoms with Crippen molar-refractivity contribution < 1.29 is 34.1 Å². The van der Waals surface area contributed by atoms with Crippen LogP contribution >= 0.6 is 0 Å². The first kappa shape index (κ1) is 43.1. The number of rotatable bonds is 15. The van der Waals surface area contributed by atoms with Crippen LogP contribution in [0.15, 0.2) is 66.7 Å². The second-order valence-electron chi connectivity index (χ2n) is 18.2. The van der Waals surface area contributed by atoms with E-state index in [4.69, 9.17) is 14.3 Å². The van der Waals surface area contributed by atoms with Crippen molar-refractivity contribution in [2.24, 2.45) is 29.1 Å². The standard InChI is InChI=1S/C47H65N5O7/c1-29-39-24-35(47(39,3)4)25-40(29)49-46(56)43-42(30(2)54)41(28-53)59-52(43)26-32-14-11-15-38(44(32)57-7)33-21-34(23-37(22-33)51-16-18-58-19-17-51)45(55)48-36(27-50(5)6)20-31-12-9-8-10-13-31/h8-15,21-23,29-30,35-36,39-43,53-54H,16-20,24-28H2,1-7H3,(H,48,55)(H,49,56)/t29-,30-,35+,36-,39-,40-,41-,42+,43-/m0/s1. The fraction of sp³-hybridized carbons (Fsp3) is 0.574. The smallest absolute Gasteiger partial charge is 0.251 e. The number of hydrogen-bond acceptors (Lipinski definition) is 10. The molecule has 2 heterocycles. The first-order chi connectivity index (χ1) is 28.3. The number of hydroxylamine groups is 2. The second-order valence-corrected chi connectivity index (χ2v) is 18.2. The number of carbonyl (C=O) groups is 2. The maximum atomic E-state index is 14.4. The molecule has 0 spiro atoms. The number of likely N-dealkylation sites (N-methyl/N-ethyl adjacent to an activating group) is 1. The Morgan fingerprint density at radius 1 is 1.03 bits per heavy atom. The Hall–Kier alpha value is -4.04. The van der Waals surface area contributed by atoms with E-state index in [9.17, 15) is 19.8 Å². The van der Waals surface area contributed by atoms with Crippen LogP contribution in [0.2, 0.25) is 0 Å². The van der Waals surface area contributed by atoms with Crippen LogP contribution in [0.1, 0.15) is 62.0 Å². The Morgan fingerprint density at radius 3 is 2.42 bits per heavy atom. The predicted molar refractivity (Wildman–Crippen MR) is 229 cm³/mol. The number of amides is 2. The summed E-state index contributed by atoms with van der Waals surface area (Å²) in [5.74, 6) is 1.01. The number of aliphatic hydroxyl groups excluding tert-OH is 2. The molecule has 0 aromatic heterocycles. The lowest BCUT2D eigenvalue weighted by molar-refractivity contribution is -0.183. The van der Waals surface area contributed by atoms with Gasteiger partial charge in [-0.1, -0.05) is 69.3 Å². The number of aliphatic hydroxyl groups is 2. The van der Waals surface area contributed by atoms with Crippen molar-refractivity contribution in [2.45, 2.75) is 83.8 Å². The first-order valence-corrected chi connectivity index (χ1v) is 21.4. The molecule has 320 valence electrons. The van der Waals surface area contributed by atoms with Crippen molar-refractivity contribution >= 4 is 17.5 Å². The summed E-state index contributed by atoms with van der Waals surface area (Å²) in [6.07, 6.45) is 1.15. The number of carbonyl (C=O) groups excluding carboxylic acids is 2. The van der Waals surface area contributed by atoms with Gasteiger partial charge in [0.15, 0.2) is 0 Å². The summed E-state index contributed by atoms with van der Waals surface area (Å²) in [6.45, 7) is 11.7. The van der Waals surface area contributed by atoms with Crippen LogP contribution in [0.25, 0.3) is 11.1 Å². The molecule has 59 heavy (non-hydrogen) atoms. The van der Waals surface area contributed by atoms with E-state index in [1.54, 1.807) is 19.1 Å². The van der Waals surface area contributed by atoms with E-state index in [1.165, 1.54) is 6.42 Å². The average Bonchev–Trinajstić information content (AvgIpc) is 3.60. The number of para-hydroxylation sites is 1. The zero-order valence-corrected chi connectivity index (χ0v) is 35.9. The molecule has 2 saturated heterocycles. The van der Waals surface area contributed by atoms with E-state index in [0.717, 1.165) is 34.4 Å². The van der Waals surface area contributed by atoms with Gasteiger partial charge in [0, 0.05) is 60.0 Å². The average molecular weight is 812 g/mol. The molecule has 3 aromatic carbocycles. The number of ether oxygens (including phenoxy) is 2. The Bertz CT molecular complexity index is 1920. The van der Waals surface area contributed by atoms with Crippen LogP contribution in [0.5, 0.6) is 5.75 Å². The lowest BCUT2D eigenvalue weighted by Crippen LogP contribution is -2.62. The summed E-state index contributed by atoms with van der Waals surface area (Å²) >= 11 is 0. The Balaban J connectivity index is 1.19. The lowest BCUT2D eigenvalue weighted by Gasteiger charge is -2.62. The topological polar surface area (TPSA) is 136 Å². The highest BCUT2D eigenvalue weighted by Crippen LogP contribution is 2.61. The van der Waals surface area contributed by atoms with Crippen LogP contribution in [0.3, 0.4) is 0 Å². The third kappa shape index (κ3) is 9.18. The molecule has 5 aliphatic rings. The van der Waals surface area contributed by atoms with Gasteiger partial charge in [0.1, 0.15) is 17.9 Å². The molecule has 2 aliphatic heterocycles. The van der Waals surface area contributed by atoms with Crippen molar-refractivity contribution in [1.82, 2.24) is 20.6 Å². The van der Waals surface area contributed by atoms with Gasteiger partial charge in [0.25, 0.3) is 5.91 Å². The van der Waals surface area contributed by atoms with Gasteiger partial charge in [0.05, 0.1) is 39.6 Å². The van der Waals surface area contributed by atoms with Crippen molar-refractivity contribution in [1.29, 1.82) is 0 Å². The van der Waals surface area contributed by atoms with Gasteiger partial charge in [0.2, 0.25) is 5.91 Å². The van der Waals surface area contributed by atoms with Gasteiger partial charge in [-0.2, -0.15) is 5.06 Å². The Kier molecular flexibility index (Phi) is 13.4. The highest BCUT2D eigenvalue weighted by atomic mass is 16.7. The van der Waals surface area contributed by atoms with Gasteiger partial charge < -0.3 is 40.1 Å². The van der Waals surface area contributed by atoms with Crippen molar-refractivity contribution in [3.63, 3.8) is 0 Å². The van der Waals surface area contributed by atoms with E-state index < -0.39 is 24.2 Å². The number of nitrogens with one attached hydrogen (secondary N) is 2. The monoisotopic (exact) mass is 811 g/mol. The van der Waals surface area contributed by atoms with Crippen molar-refractivity contribution in [2.75, 3.05) is 65.6 Å². The van der Waals surface area contributed by atoms with Crippen molar-refractivity contribution in [3.8, 4) is 16.9 Å². The fourth-order valence-corrected chi connectivity index (χ4v) is 10.5. The quantitative estimate of drug-likeness (QED) is 0.170. The maximum absolute atomic E-state index is 14.4. The summed E-state index contributed by atoms with van der Waals surface area (Å²) in [5, 5.41) is 29.8. The van der Waals surface area contributed by atoms with Crippen LogP contribution in [0.4, 0.5) is 5.69 Å². The molecular weight excluding hydrogens is 747 g/mol. The largest absolute Gasteiger partial charge is 0.496 e. The minimum atomic E-state index is -0.908. The number of methoxy groups -OCH3 is 1. The molecule has 3 aromatic rings. The van der Waals surface area contributed by atoms with Gasteiger partial charge in [-0.25, -0.2) is 0 Å². The molecule has 3 saturated carbocycles. The highest BCUT2D eigenvalue weighted by Gasteiger charge is 2.57. The molecule has 4 N–H and O–H groups in total. The summed E-state index contributed by atoms with van der Waals surface area (Å²) in [4.78, 5) is 39.3. The normalized spacial score (nSPS) is 27.5. The van der Waals surface area contributed by atoms with Crippen molar-refractivity contribution in [3.05, 3.63) is 83.4 Å². The molecule has 2 amide bonds. The third-order valence-electron chi connectivity index (χ3n) is 13.8. The number of morpholine rings is 1. The van der Waals surface area contributed by atoms with Gasteiger partial charge in [-0.05, 0) is 92.8 Å². The molecule has 5 fully saturated rings. The zero-order valence-electron chi connectivity index (χ0n) is 35.9. The molecule has 3 aliphatic carbocycles. The molecule has 12 heteroatoms. The van der Waals surface area contributed by atoms with Gasteiger partial charge in [-0.15, -0.1) is 0 Å². The lowest BCUT2D eigenvalue weighted by atomic mass is 9.45. The van der Waals surface area contributed by atoms with Crippen LogP contribution in [0, 0.1) is 29.1 Å². The Labute approximate surface area is 350 Å². The summed E-state index contributed by atoms with van der Waals surface area (Å²) < 4.78 is 11.9. The van der Waals surface area contributed by atoms with E-state index in [2.05, 4.69) is 59.4 Å². The minimum absolute atomic E-state index is 0.0310. The number of fused-ring (bicyclic) bond motifs is 2. The zero-order chi connectivity index (χ0) is 42.0. The number of anilines is 1. The van der Waals surface area contributed by atoms with Gasteiger partial charge >= 0.3 is 0 Å². The molecule has 8 rings (SSSR count). The SMILES string of the molecule is COc1c(CN2O[C@@H](CO)[C@@H]([C@H](C)O)[C@H]2C(=O)N[C@H]2C[C@H]3C[C@@H]([C@@H]2C)C3(C)C)cccc1-c1cc(C(=O)N[C@@H](Cc2ccccc2)CN(C)C)cc(N2CCOCC2)c1. The molecular formula is C47H65N5O7. The molecule has 0 radical (unpaired) electrons. The predicted octanol–water partition coefficient (Wildman–Crippen LogP) is 4.76. The van der Waals surface area contributed by atoms with E-state index in [0.29, 0.717) is 68.3 Å². The van der Waals surface area contributed by atoms with E-state index >= 15 is 0 Å². The van der Waals surface area contributed by atoms with E-state index in [1.807, 2.05) is 62.6 Å². The Morgan fingerprint density at radius 2 is 1.78 bits per heavy atom. The number of nitrogens with zero attached hydrogens (tertiary/aromatic N) is 3. The van der Waals surface area contributed by atoms with Crippen LogP contribution in [-0.4, -0.2) is 123 Å². The maximum Gasteiger partial charge on any atom is 0.251 e. The fourth-order valence-electron chi connectivity index (χ4n) is 10.5. The van der Waals surface area contributed by atoms with Crippen LogP contribution < -0.4 is 20.3 Å². The molecule has 2 bridgehead atoms. The number of benzene rings is 3. The van der Waals surface area contributed by atoms with Gasteiger partial charge in [-0.3, -0.25) is 14.4 Å². The first-order valence-electron chi connectivity index (χ1n) is 21.4. The minimum Gasteiger partial charge on any atom is -0.496 e. The summed E-state index contributed by atoms with van der Waals surface area (Å²) in [6, 6.07) is 21.1. The molecule has 0 unspecified atom stereocenters. The third-order valence-corrected chi connectivity index (χ3v) is 13.8. The molecule has 9 atom stereocenters. The summed E-state index contributed by atoms with van der Waals surface area (Å²) in [5.41, 5.74) is 5.24. The second kappa shape index (κ2) is 18.3. The molecule has 12 nitrogen and oxygen atoms in total. The summed E-state index contributed by atoms with van der Waals surface area (Å²) in [7, 11) is 5.64.